The van der Waals surface area contributed by atoms with E-state index in [4.69, 9.17) is 22.1 Å². The van der Waals surface area contributed by atoms with Crippen molar-refractivity contribution in [1.82, 2.24) is 0 Å². The number of ether oxygens (including phenoxy) is 1. The van der Waals surface area contributed by atoms with E-state index in [0.717, 1.165) is 18.6 Å². The predicted octanol–water partition coefficient (Wildman–Crippen LogP) is 3.93. The molecule has 0 aromatic heterocycles. The van der Waals surface area contributed by atoms with Gasteiger partial charge in [-0.3, -0.25) is 0 Å². The summed E-state index contributed by atoms with van der Waals surface area (Å²) in [6.07, 6.45) is 2.00. The van der Waals surface area contributed by atoms with Crippen molar-refractivity contribution < 1.29 is 4.74 Å². The molecule has 2 N–H and O–H groups in total. The van der Waals surface area contributed by atoms with Crippen molar-refractivity contribution in [2.45, 2.75) is 12.8 Å². The molecule has 2 aromatic rings. The zero-order chi connectivity index (χ0) is 12.8. The van der Waals surface area contributed by atoms with Crippen LogP contribution in [0.2, 0.25) is 5.02 Å². The highest BCUT2D eigenvalue weighted by Crippen LogP contribution is 2.24. The van der Waals surface area contributed by atoms with Crippen molar-refractivity contribution in [3.05, 3.63) is 59.1 Å². The smallest absolute Gasteiger partial charge is 0.120 e. The lowest BCUT2D eigenvalue weighted by molar-refractivity contribution is 0.311. The Balaban J connectivity index is 1.77. The lowest BCUT2D eigenvalue weighted by atomic mass is 10.1. The predicted molar refractivity (Wildman–Crippen MR) is 76.1 cm³/mol. The monoisotopic (exact) mass is 261 g/mol. The van der Waals surface area contributed by atoms with E-state index in [9.17, 15) is 0 Å². The molecule has 0 aliphatic heterocycles. The summed E-state index contributed by atoms with van der Waals surface area (Å²) in [5.41, 5.74) is 7.54. The Labute approximate surface area is 112 Å². The SMILES string of the molecule is Nc1ccc(OCCCc2ccccc2)cc1Cl. The fraction of sp³-hybridized carbons (Fsp3) is 0.200. The van der Waals surface area contributed by atoms with E-state index in [2.05, 4.69) is 24.3 Å². The largest absolute Gasteiger partial charge is 0.494 e. The molecule has 0 radical (unpaired) electrons. The standard InChI is InChI=1S/C15H16ClNO/c16-14-11-13(8-9-15(14)17)18-10-4-7-12-5-2-1-3-6-12/h1-3,5-6,8-9,11H,4,7,10,17H2. The third-order valence-corrected chi connectivity index (χ3v) is 3.02. The fourth-order valence-electron chi connectivity index (χ4n) is 1.71. The van der Waals surface area contributed by atoms with Gasteiger partial charge in [0.1, 0.15) is 5.75 Å². The fourth-order valence-corrected chi connectivity index (χ4v) is 1.88. The highest BCUT2D eigenvalue weighted by molar-refractivity contribution is 6.33. The van der Waals surface area contributed by atoms with Crippen LogP contribution in [0, 0.1) is 0 Å². The summed E-state index contributed by atoms with van der Waals surface area (Å²) >= 11 is 5.92. The highest BCUT2D eigenvalue weighted by Gasteiger charge is 1.99. The Morgan fingerprint density at radius 1 is 1.06 bits per heavy atom. The number of nitrogens with two attached hydrogens (primary N) is 1. The van der Waals surface area contributed by atoms with E-state index in [1.54, 1.807) is 12.1 Å². The van der Waals surface area contributed by atoms with Gasteiger partial charge < -0.3 is 10.5 Å². The van der Waals surface area contributed by atoms with Gasteiger partial charge in [0.2, 0.25) is 0 Å². The number of halogens is 1. The normalized spacial score (nSPS) is 10.3. The zero-order valence-corrected chi connectivity index (χ0v) is 10.9. The third-order valence-electron chi connectivity index (χ3n) is 2.69. The van der Waals surface area contributed by atoms with E-state index in [1.807, 2.05) is 12.1 Å². The van der Waals surface area contributed by atoms with Crippen LogP contribution in [0.15, 0.2) is 48.5 Å². The van der Waals surface area contributed by atoms with Gasteiger partial charge in [-0.05, 0) is 30.5 Å². The number of rotatable bonds is 5. The van der Waals surface area contributed by atoms with E-state index >= 15 is 0 Å². The molecular weight excluding hydrogens is 246 g/mol. The van der Waals surface area contributed by atoms with Gasteiger partial charge in [-0.2, -0.15) is 0 Å². The average molecular weight is 262 g/mol. The summed E-state index contributed by atoms with van der Waals surface area (Å²) < 4.78 is 5.62. The first-order valence-electron chi connectivity index (χ1n) is 5.97. The molecule has 0 atom stereocenters. The lowest BCUT2D eigenvalue weighted by Gasteiger charge is -2.07. The zero-order valence-electron chi connectivity index (χ0n) is 10.1. The quantitative estimate of drug-likeness (QED) is 0.654. The third kappa shape index (κ3) is 3.67. The number of anilines is 1. The van der Waals surface area contributed by atoms with E-state index < -0.39 is 0 Å². The van der Waals surface area contributed by atoms with Gasteiger partial charge in [-0.25, -0.2) is 0 Å². The summed E-state index contributed by atoms with van der Waals surface area (Å²) in [6, 6.07) is 15.7. The Morgan fingerprint density at radius 3 is 2.56 bits per heavy atom. The Kier molecular flexibility index (Phi) is 4.48. The van der Waals surface area contributed by atoms with Gasteiger partial charge in [0.15, 0.2) is 0 Å². The van der Waals surface area contributed by atoms with Gasteiger partial charge in [0, 0.05) is 6.07 Å². The van der Waals surface area contributed by atoms with Crippen molar-refractivity contribution in [2.24, 2.45) is 0 Å². The van der Waals surface area contributed by atoms with Gasteiger partial charge >= 0.3 is 0 Å². The van der Waals surface area contributed by atoms with Crippen molar-refractivity contribution in [1.29, 1.82) is 0 Å². The summed E-state index contributed by atoms with van der Waals surface area (Å²) in [5.74, 6) is 0.766. The molecule has 94 valence electrons. The second-order valence-corrected chi connectivity index (χ2v) is 4.53. The molecule has 0 bridgehead atoms. The number of nitrogen functional groups attached to an aromatic ring is 1. The van der Waals surface area contributed by atoms with Crippen LogP contribution in [0.5, 0.6) is 5.75 Å². The van der Waals surface area contributed by atoms with Crippen LogP contribution in [0.4, 0.5) is 5.69 Å². The Bertz CT molecular complexity index is 499. The highest BCUT2D eigenvalue weighted by atomic mass is 35.5. The molecule has 2 nitrogen and oxygen atoms in total. The van der Waals surface area contributed by atoms with Gasteiger partial charge in [-0.15, -0.1) is 0 Å². The Morgan fingerprint density at radius 2 is 1.83 bits per heavy atom. The molecule has 0 unspecified atom stereocenters. The average Bonchev–Trinajstić information content (AvgIpc) is 2.40. The lowest BCUT2D eigenvalue weighted by Crippen LogP contribution is -1.99. The maximum Gasteiger partial charge on any atom is 0.120 e. The van der Waals surface area contributed by atoms with Crippen LogP contribution in [-0.2, 0) is 6.42 Å². The minimum atomic E-state index is 0.538. The molecule has 0 heterocycles. The van der Waals surface area contributed by atoms with Crippen molar-refractivity contribution in [3.8, 4) is 5.75 Å². The molecule has 0 spiro atoms. The van der Waals surface area contributed by atoms with Crippen molar-refractivity contribution >= 4 is 17.3 Å². The molecule has 0 aliphatic carbocycles. The number of aryl methyl sites for hydroxylation is 1. The molecule has 0 amide bonds. The van der Waals surface area contributed by atoms with E-state index in [0.29, 0.717) is 17.3 Å². The van der Waals surface area contributed by atoms with Crippen LogP contribution in [0.25, 0.3) is 0 Å². The van der Waals surface area contributed by atoms with Crippen molar-refractivity contribution in [3.63, 3.8) is 0 Å². The van der Waals surface area contributed by atoms with Crippen LogP contribution in [0.1, 0.15) is 12.0 Å². The molecule has 0 saturated heterocycles. The van der Waals surface area contributed by atoms with Crippen molar-refractivity contribution in [2.75, 3.05) is 12.3 Å². The van der Waals surface area contributed by atoms with Crippen LogP contribution < -0.4 is 10.5 Å². The minimum Gasteiger partial charge on any atom is -0.494 e. The second-order valence-electron chi connectivity index (χ2n) is 4.12. The summed E-state index contributed by atoms with van der Waals surface area (Å²) in [5, 5.41) is 0.538. The molecule has 0 fully saturated rings. The molecule has 2 aromatic carbocycles. The maximum absolute atomic E-state index is 5.92. The summed E-state index contributed by atoms with van der Waals surface area (Å²) in [4.78, 5) is 0. The number of hydrogen-bond donors (Lipinski definition) is 1. The molecule has 0 aliphatic rings. The van der Waals surface area contributed by atoms with E-state index in [1.165, 1.54) is 5.56 Å². The van der Waals surface area contributed by atoms with E-state index in [-0.39, 0.29) is 0 Å². The topological polar surface area (TPSA) is 35.2 Å². The van der Waals surface area contributed by atoms with Gasteiger partial charge in [-0.1, -0.05) is 41.9 Å². The first-order chi connectivity index (χ1) is 8.75. The minimum absolute atomic E-state index is 0.538. The first kappa shape index (κ1) is 12.8. The number of hydrogen-bond acceptors (Lipinski definition) is 2. The van der Waals surface area contributed by atoms with Crippen LogP contribution >= 0.6 is 11.6 Å². The number of benzene rings is 2. The van der Waals surface area contributed by atoms with Crippen LogP contribution in [-0.4, -0.2) is 6.61 Å². The molecule has 2 rings (SSSR count). The molecule has 18 heavy (non-hydrogen) atoms. The Hall–Kier alpha value is -1.67. The molecule has 3 heteroatoms. The first-order valence-corrected chi connectivity index (χ1v) is 6.35. The molecular formula is C15H16ClNO. The maximum atomic E-state index is 5.92. The summed E-state index contributed by atoms with van der Waals surface area (Å²) in [6.45, 7) is 0.676. The van der Waals surface area contributed by atoms with Crippen LogP contribution in [0.3, 0.4) is 0 Å². The summed E-state index contributed by atoms with van der Waals surface area (Å²) in [7, 11) is 0. The van der Waals surface area contributed by atoms with Gasteiger partial charge in [0.05, 0.1) is 17.3 Å². The van der Waals surface area contributed by atoms with Gasteiger partial charge in [0.25, 0.3) is 0 Å². The molecule has 0 saturated carbocycles. The second kappa shape index (κ2) is 6.31.